The van der Waals surface area contributed by atoms with Gasteiger partial charge in [-0.05, 0) is 12.8 Å². The summed E-state index contributed by atoms with van der Waals surface area (Å²) in [6, 6.07) is -1.53. The standard InChI is InChI=1S/C14H25NO6S/c1-4-7-11(8-5-2)22(19,20)10-12(13(16)17)15-14(18)21-9-6-3/h6,11-12H,3-5,7-10H2,1-2H3,(H,15,18)(H,16,17)/t12-/m1/s1. The molecule has 0 aromatic carbocycles. The highest BCUT2D eigenvalue weighted by atomic mass is 32.2. The minimum Gasteiger partial charge on any atom is -0.480 e. The lowest BCUT2D eigenvalue weighted by Gasteiger charge is -2.20. The van der Waals surface area contributed by atoms with Crippen LogP contribution in [0, 0.1) is 0 Å². The molecular weight excluding hydrogens is 310 g/mol. The fourth-order valence-electron chi connectivity index (χ4n) is 2.01. The smallest absolute Gasteiger partial charge is 0.408 e. The van der Waals surface area contributed by atoms with Crippen LogP contribution >= 0.6 is 0 Å². The lowest BCUT2D eigenvalue weighted by Crippen LogP contribution is -2.47. The van der Waals surface area contributed by atoms with Crippen molar-refractivity contribution in [3.05, 3.63) is 12.7 Å². The van der Waals surface area contributed by atoms with Gasteiger partial charge in [0.15, 0.2) is 9.84 Å². The van der Waals surface area contributed by atoms with Crippen molar-refractivity contribution in [2.45, 2.75) is 50.8 Å². The summed E-state index contributed by atoms with van der Waals surface area (Å²) in [5.41, 5.74) is 0. The Morgan fingerprint density at radius 2 is 1.82 bits per heavy atom. The van der Waals surface area contributed by atoms with Gasteiger partial charge in [-0.15, -0.1) is 0 Å². The van der Waals surface area contributed by atoms with Gasteiger partial charge in [-0.1, -0.05) is 39.3 Å². The third-order valence-electron chi connectivity index (χ3n) is 3.05. The highest BCUT2D eigenvalue weighted by molar-refractivity contribution is 7.92. The first-order chi connectivity index (χ1) is 10.3. The molecule has 1 amide bonds. The second kappa shape index (κ2) is 10.2. The highest BCUT2D eigenvalue weighted by Crippen LogP contribution is 2.16. The maximum absolute atomic E-state index is 12.3. The van der Waals surface area contributed by atoms with Gasteiger partial charge in [0, 0.05) is 0 Å². The zero-order valence-corrected chi connectivity index (χ0v) is 13.9. The van der Waals surface area contributed by atoms with Crippen molar-refractivity contribution in [1.29, 1.82) is 0 Å². The molecule has 0 rings (SSSR count). The molecular formula is C14H25NO6S. The Morgan fingerprint density at radius 1 is 1.27 bits per heavy atom. The maximum Gasteiger partial charge on any atom is 0.408 e. The first-order valence-corrected chi connectivity index (χ1v) is 8.98. The second-order valence-electron chi connectivity index (χ2n) is 4.95. The summed E-state index contributed by atoms with van der Waals surface area (Å²) in [6.07, 6.45) is 2.68. The number of alkyl carbamates (subject to hydrolysis) is 1. The number of rotatable bonds is 11. The van der Waals surface area contributed by atoms with E-state index < -0.39 is 38.9 Å². The molecule has 0 heterocycles. The van der Waals surface area contributed by atoms with Crippen LogP contribution in [-0.4, -0.2) is 49.2 Å². The van der Waals surface area contributed by atoms with E-state index in [4.69, 9.17) is 5.11 Å². The van der Waals surface area contributed by atoms with E-state index in [0.29, 0.717) is 25.7 Å². The zero-order valence-electron chi connectivity index (χ0n) is 13.1. The lowest BCUT2D eigenvalue weighted by atomic mass is 10.2. The second-order valence-corrected chi connectivity index (χ2v) is 7.28. The van der Waals surface area contributed by atoms with Crippen molar-refractivity contribution in [1.82, 2.24) is 5.32 Å². The molecule has 0 aromatic rings. The Morgan fingerprint density at radius 3 is 2.23 bits per heavy atom. The van der Waals surface area contributed by atoms with Crippen LogP contribution in [0.1, 0.15) is 39.5 Å². The predicted octanol–water partition coefficient (Wildman–Crippen LogP) is 1.74. The number of sulfone groups is 1. The molecule has 0 saturated heterocycles. The summed E-state index contributed by atoms with van der Waals surface area (Å²) in [6.45, 7) is 7.01. The summed E-state index contributed by atoms with van der Waals surface area (Å²) >= 11 is 0. The van der Waals surface area contributed by atoms with Crippen molar-refractivity contribution in [3.63, 3.8) is 0 Å². The Bertz CT molecular complexity index is 468. The lowest BCUT2D eigenvalue weighted by molar-refractivity contribution is -0.138. The van der Waals surface area contributed by atoms with Crippen molar-refractivity contribution in [2.75, 3.05) is 12.4 Å². The largest absolute Gasteiger partial charge is 0.480 e. The Labute approximate surface area is 131 Å². The summed E-state index contributed by atoms with van der Waals surface area (Å²) in [4.78, 5) is 22.6. The number of nitrogens with one attached hydrogen (secondary N) is 1. The van der Waals surface area contributed by atoms with Crippen LogP contribution in [0.4, 0.5) is 4.79 Å². The number of aliphatic carboxylic acids is 1. The third kappa shape index (κ3) is 7.44. The van der Waals surface area contributed by atoms with Gasteiger partial charge in [0.05, 0.1) is 11.0 Å². The maximum atomic E-state index is 12.3. The molecule has 0 aliphatic carbocycles. The van der Waals surface area contributed by atoms with Gasteiger partial charge in [0.25, 0.3) is 0 Å². The number of carboxylic acid groups (broad SMARTS) is 1. The van der Waals surface area contributed by atoms with Crippen LogP contribution in [0.5, 0.6) is 0 Å². The number of carbonyl (C=O) groups excluding carboxylic acids is 1. The third-order valence-corrected chi connectivity index (χ3v) is 5.34. The first-order valence-electron chi connectivity index (χ1n) is 7.27. The number of ether oxygens (including phenoxy) is 1. The van der Waals surface area contributed by atoms with Gasteiger partial charge in [0.2, 0.25) is 0 Å². The highest BCUT2D eigenvalue weighted by Gasteiger charge is 2.32. The van der Waals surface area contributed by atoms with Crippen LogP contribution in [0.15, 0.2) is 12.7 Å². The van der Waals surface area contributed by atoms with Gasteiger partial charge >= 0.3 is 12.1 Å². The topological polar surface area (TPSA) is 110 Å². The van der Waals surface area contributed by atoms with Crippen LogP contribution in [-0.2, 0) is 19.4 Å². The molecule has 0 aliphatic heterocycles. The van der Waals surface area contributed by atoms with Gasteiger partial charge in [-0.25, -0.2) is 18.0 Å². The molecule has 0 unspecified atom stereocenters. The molecule has 0 aromatic heterocycles. The Balaban J connectivity index is 4.94. The summed E-state index contributed by atoms with van der Waals surface area (Å²) in [5.74, 6) is -2.05. The minimum absolute atomic E-state index is 0.0841. The van der Waals surface area contributed by atoms with Gasteiger partial charge in [-0.3, -0.25) is 0 Å². The number of amides is 1. The molecule has 0 radical (unpaired) electrons. The Kier molecular flexibility index (Phi) is 9.48. The fourth-order valence-corrected chi connectivity index (χ4v) is 4.16. The molecule has 22 heavy (non-hydrogen) atoms. The SMILES string of the molecule is C=CCOC(=O)N[C@H](CS(=O)(=O)C(CCC)CCC)C(=O)O. The molecule has 2 N–H and O–H groups in total. The van der Waals surface area contributed by atoms with Crippen LogP contribution < -0.4 is 5.32 Å². The molecule has 0 saturated carbocycles. The number of carbonyl (C=O) groups is 2. The summed E-state index contributed by atoms with van der Waals surface area (Å²) < 4.78 is 29.3. The van der Waals surface area contributed by atoms with Gasteiger partial charge in [0.1, 0.15) is 12.6 Å². The van der Waals surface area contributed by atoms with Crippen molar-refractivity contribution >= 4 is 21.9 Å². The van der Waals surface area contributed by atoms with Gasteiger partial charge < -0.3 is 15.2 Å². The average Bonchev–Trinajstić information content (AvgIpc) is 2.43. The molecule has 0 aliphatic rings. The monoisotopic (exact) mass is 335 g/mol. The van der Waals surface area contributed by atoms with Crippen molar-refractivity contribution < 1.29 is 27.9 Å². The molecule has 7 nitrogen and oxygen atoms in total. The van der Waals surface area contributed by atoms with Gasteiger partial charge in [-0.2, -0.15) is 0 Å². The molecule has 0 fully saturated rings. The fraction of sp³-hybridized carbons (Fsp3) is 0.714. The predicted molar refractivity (Wildman–Crippen MR) is 83.5 cm³/mol. The zero-order chi connectivity index (χ0) is 17.2. The number of hydrogen-bond donors (Lipinski definition) is 2. The molecule has 8 heteroatoms. The summed E-state index contributed by atoms with van der Waals surface area (Å²) in [7, 11) is -3.63. The van der Waals surface area contributed by atoms with E-state index in [1.807, 2.05) is 13.8 Å². The number of hydrogen-bond acceptors (Lipinski definition) is 5. The molecule has 0 spiro atoms. The van der Waals surface area contributed by atoms with E-state index in [2.05, 4.69) is 16.6 Å². The van der Waals surface area contributed by atoms with E-state index in [-0.39, 0.29) is 6.61 Å². The van der Waals surface area contributed by atoms with Crippen LogP contribution in [0.2, 0.25) is 0 Å². The Hall–Kier alpha value is -1.57. The minimum atomic E-state index is -3.63. The first kappa shape index (κ1) is 20.4. The normalized spacial score (nSPS) is 12.7. The molecule has 1 atom stereocenters. The average molecular weight is 335 g/mol. The van der Waals surface area contributed by atoms with Crippen LogP contribution in [0.3, 0.4) is 0 Å². The van der Waals surface area contributed by atoms with Crippen molar-refractivity contribution in [2.24, 2.45) is 0 Å². The van der Waals surface area contributed by atoms with E-state index in [9.17, 15) is 18.0 Å². The summed E-state index contributed by atoms with van der Waals surface area (Å²) in [5, 5.41) is 10.6. The number of carboxylic acids is 1. The van der Waals surface area contributed by atoms with Crippen molar-refractivity contribution in [3.8, 4) is 0 Å². The van der Waals surface area contributed by atoms with E-state index in [1.165, 1.54) is 6.08 Å². The van der Waals surface area contributed by atoms with Crippen LogP contribution in [0.25, 0.3) is 0 Å². The van der Waals surface area contributed by atoms with E-state index in [1.54, 1.807) is 0 Å². The molecule has 0 bridgehead atoms. The van der Waals surface area contributed by atoms with E-state index >= 15 is 0 Å². The quantitative estimate of drug-likeness (QED) is 0.557. The van der Waals surface area contributed by atoms with E-state index in [0.717, 1.165) is 0 Å². The molecule has 128 valence electrons.